The summed E-state index contributed by atoms with van der Waals surface area (Å²) in [6.07, 6.45) is -0.0733. The second-order valence-corrected chi connectivity index (χ2v) is 3.69. The molecule has 0 aromatic carbocycles. The zero-order valence-electron chi connectivity index (χ0n) is 8.52. The number of rotatable bonds is 3. The first kappa shape index (κ1) is 11.3. The van der Waals surface area contributed by atoms with Gasteiger partial charge in [-0.25, -0.2) is 4.79 Å². The average Bonchev–Trinajstić information content (AvgIpc) is 2.15. The predicted molar refractivity (Wildman–Crippen MR) is 52.3 cm³/mol. The highest BCUT2D eigenvalue weighted by atomic mass is 16.4. The van der Waals surface area contributed by atoms with Crippen molar-refractivity contribution >= 4 is 6.09 Å². The molecule has 0 radical (unpaired) electrons. The minimum atomic E-state index is -0.835. The van der Waals surface area contributed by atoms with E-state index >= 15 is 0 Å². The Balaban J connectivity index is 2.35. The summed E-state index contributed by atoms with van der Waals surface area (Å²) in [5, 5.41) is 17.5. The molecule has 1 heterocycles. The average molecular weight is 202 g/mol. The normalized spacial score (nSPS) is 23.9. The molecule has 1 fully saturated rings. The van der Waals surface area contributed by atoms with Crippen molar-refractivity contribution in [2.45, 2.75) is 19.4 Å². The van der Waals surface area contributed by atoms with E-state index < -0.39 is 6.09 Å². The van der Waals surface area contributed by atoms with Crippen LogP contribution in [0.2, 0.25) is 0 Å². The van der Waals surface area contributed by atoms with Crippen molar-refractivity contribution < 1.29 is 15.0 Å². The molecule has 5 heteroatoms. The minimum Gasteiger partial charge on any atom is -0.465 e. The van der Waals surface area contributed by atoms with Gasteiger partial charge in [-0.05, 0) is 13.3 Å². The minimum absolute atomic E-state index is 0.200. The van der Waals surface area contributed by atoms with E-state index in [4.69, 9.17) is 10.2 Å². The summed E-state index contributed by atoms with van der Waals surface area (Å²) in [5.41, 5.74) is 0. The third kappa shape index (κ3) is 2.85. The monoisotopic (exact) mass is 202 g/mol. The fourth-order valence-electron chi connectivity index (χ4n) is 1.77. The lowest BCUT2D eigenvalue weighted by atomic mass is 10.2. The standard InChI is InChI=1S/C9H18N2O3/c1-8-7-11(9(13)14)5-4-10(8)3-2-6-12/h8,12H,2-7H2,1H3,(H,13,14)/t8-/m1/s1. The van der Waals surface area contributed by atoms with E-state index in [0.717, 1.165) is 19.5 Å². The SMILES string of the molecule is C[C@@H]1CN(C(=O)O)CCN1CCCO. The van der Waals surface area contributed by atoms with Crippen LogP contribution in [-0.4, -0.2) is 64.9 Å². The highest BCUT2D eigenvalue weighted by Gasteiger charge is 2.25. The zero-order chi connectivity index (χ0) is 10.6. The molecule has 2 N–H and O–H groups in total. The third-order valence-corrected chi connectivity index (χ3v) is 2.64. The Bertz CT molecular complexity index is 198. The third-order valence-electron chi connectivity index (χ3n) is 2.64. The first-order valence-corrected chi connectivity index (χ1v) is 4.98. The Morgan fingerprint density at radius 2 is 2.21 bits per heavy atom. The number of aliphatic hydroxyl groups excluding tert-OH is 1. The summed E-state index contributed by atoms with van der Waals surface area (Å²) >= 11 is 0. The van der Waals surface area contributed by atoms with Crippen molar-refractivity contribution in [1.82, 2.24) is 9.80 Å². The van der Waals surface area contributed by atoms with Gasteiger partial charge in [0.25, 0.3) is 0 Å². The quantitative estimate of drug-likeness (QED) is 0.679. The predicted octanol–water partition coefficient (Wildman–Crippen LogP) is 0.0529. The number of hydrogen-bond acceptors (Lipinski definition) is 3. The Kier molecular flexibility index (Phi) is 4.16. The van der Waals surface area contributed by atoms with Gasteiger partial charge >= 0.3 is 6.09 Å². The maximum absolute atomic E-state index is 10.7. The first-order valence-electron chi connectivity index (χ1n) is 4.98. The molecule has 1 amide bonds. The van der Waals surface area contributed by atoms with Crippen LogP contribution < -0.4 is 0 Å². The van der Waals surface area contributed by atoms with E-state index in [9.17, 15) is 4.79 Å². The van der Waals surface area contributed by atoms with Crippen LogP contribution in [0.1, 0.15) is 13.3 Å². The number of amides is 1. The van der Waals surface area contributed by atoms with Gasteiger partial charge in [-0.15, -0.1) is 0 Å². The molecule has 0 unspecified atom stereocenters. The van der Waals surface area contributed by atoms with Crippen molar-refractivity contribution in [3.63, 3.8) is 0 Å². The number of aliphatic hydroxyl groups is 1. The van der Waals surface area contributed by atoms with Crippen LogP contribution in [0.4, 0.5) is 4.79 Å². The Morgan fingerprint density at radius 3 is 2.71 bits per heavy atom. The maximum Gasteiger partial charge on any atom is 0.407 e. The van der Waals surface area contributed by atoms with Crippen LogP contribution in [0.5, 0.6) is 0 Å². The van der Waals surface area contributed by atoms with Crippen molar-refractivity contribution in [3.8, 4) is 0 Å². The lowest BCUT2D eigenvalue weighted by molar-refractivity contribution is 0.0715. The Morgan fingerprint density at radius 1 is 1.50 bits per heavy atom. The molecule has 1 atom stereocenters. The topological polar surface area (TPSA) is 64.0 Å². The maximum atomic E-state index is 10.7. The van der Waals surface area contributed by atoms with Crippen LogP contribution in [0.3, 0.4) is 0 Å². The number of nitrogens with zero attached hydrogens (tertiary/aromatic N) is 2. The molecule has 0 spiro atoms. The molecule has 82 valence electrons. The Hall–Kier alpha value is -0.810. The lowest BCUT2D eigenvalue weighted by Gasteiger charge is -2.38. The van der Waals surface area contributed by atoms with E-state index in [1.54, 1.807) is 0 Å². The van der Waals surface area contributed by atoms with E-state index in [1.165, 1.54) is 4.90 Å². The van der Waals surface area contributed by atoms with Crippen molar-refractivity contribution in [1.29, 1.82) is 0 Å². The number of piperazine rings is 1. The number of carboxylic acid groups (broad SMARTS) is 1. The smallest absolute Gasteiger partial charge is 0.407 e. The van der Waals surface area contributed by atoms with Crippen molar-refractivity contribution in [3.05, 3.63) is 0 Å². The van der Waals surface area contributed by atoms with Gasteiger partial charge < -0.3 is 15.1 Å². The molecule has 0 aliphatic carbocycles. The summed E-state index contributed by atoms with van der Waals surface area (Å²) in [6.45, 7) is 4.99. The molecular formula is C9H18N2O3. The summed E-state index contributed by atoms with van der Waals surface area (Å²) in [4.78, 5) is 14.4. The Labute approximate surface area is 83.9 Å². The van der Waals surface area contributed by atoms with Gasteiger partial charge in [0.1, 0.15) is 0 Å². The molecule has 14 heavy (non-hydrogen) atoms. The summed E-state index contributed by atoms with van der Waals surface area (Å²) in [7, 11) is 0. The lowest BCUT2D eigenvalue weighted by Crippen LogP contribution is -2.53. The summed E-state index contributed by atoms with van der Waals surface area (Å²) in [5.74, 6) is 0. The zero-order valence-corrected chi connectivity index (χ0v) is 8.52. The molecule has 0 aromatic heterocycles. The van der Waals surface area contributed by atoms with Gasteiger partial charge in [0.2, 0.25) is 0 Å². The second kappa shape index (κ2) is 5.17. The molecule has 0 aromatic rings. The van der Waals surface area contributed by atoms with Crippen LogP contribution in [0.15, 0.2) is 0 Å². The van der Waals surface area contributed by atoms with E-state index in [0.29, 0.717) is 13.1 Å². The first-order chi connectivity index (χ1) is 6.65. The molecule has 1 aliphatic rings. The summed E-state index contributed by atoms with van der Waals surface area (Å²) in [6, 6.07) is 0.256. The van der Waals surface area contributed by atoms with Gasteiger partial charge in [-0.1, -0.05) is 0 Å². The van der Waals surface area contributed by atoms with Gasteiger partial charge in [-0.2, -0.15) is 0 Å². The van der Waals surface area contributed by atoms with Crippen LogP contribution >= 0.6 is 0 Å². The highest BCUT2D eigenvalue weighted by molar-refractivity contribution is 5.65. The summed E-state index contributed by atoms with van der Waals surface area (Å²) < 4.78 is 0. The van der Waals surface area contributed by atoms with Crippen LogP contribution in [0, 0.1) is 0 Å². The molecular weight excluding hydrogens is 184 g/mol. The number of hydrogen-bond donors (Lipinski definition) is 2. The molecule has 1 aliphatic heterocycles. The van der Waals surface area contributed by atoms with E-state index in [1.807, 2.05) is 6.92 Å². The highest BCUT2D eigenvalue weighted by Crippen LogP contribution is 2.09. The van der Waals surface area contributed by atoms with Gasteiger partial charge in [-0.3, -0.25) is 4.90 Å². The van der Waals surface area contributed by atoms with Gasteiger partial charge in [0.15, 0.2) is 0 Å². The van der Waals surface area contributed by atoms with E-state index in [-0.39, 0.29) is 12.6 Å². The van der Waals surface area contributed by atoms with E-state index in [2.05, 4.69) is 4.90 Å². The van der Waals surface area contributed by atoms with Crippen LogP contribution in [0.25, 0.3) is 0 Å². The van der Waals surface area contributed by atoms with Crippen molar-refractivity contribution in [2.24, 2.45) is 0 Å². The second-order valence-electron chi connectivity index (χ2n) is 3.69. The fourth-order valence-corrected chi connectivity index (χ4v) is 1.77. The van der Waals surface area contributed by atoms with Gasteiger partial charge in [0, 0.05) is 38.8 Å². The molecule has 1 saturated heterocycles. The van der Waals surface area contributed by atoms with Crippen LogP contribution in [-0.2, 0) is 0 Å². The van der Waals surface area contributed by atoms with Gasteiger partial charge in [0.05, 0.1) is 0 Å². The number of carbonyl (C=O) groups is 1. The molecule has 0 saturated carbocycles. The molecule has 1 rings (SSSR count). The fraction of sp³-hybridized carbons (Fsp3) is 0.889. The molecule has 0 bridgehead atoms. The van der Waals surface area contributed by atoms with Crippen molar-refractivity contribution in [2.75, 3.05) is 32.8 Å². The largest absolute Gasteiger partial charge is 0.465 e. The molecule has 5 nitrogen and oxygen atoms in total.